The van der Waals surface area contributed by atoms with Crippen LogP contribution in [-0.2, 0) is 16.0 Å². The largest absolute Gasteiger partial charge is 0.359 e. The minimum absolute atomic E-state index is 0.00247. The highest BCUT2D eigenvalue weighted by Crippen LogP contribution is 2.09. The van der Waals surface area contributed by atoms with Crippen LogP contribution >= 0.6 is 12.6 Å². The van der Waals surface area contributed by atoms with E-state index in [1.165, 1.54) is 0 Å². The lowest BCUT2D eigenvalue weighted by atomic mass is 10.1. The Hall–Kier alpha value is -1.49. The summed E-state index contributed by atoms with van der Waals surface area (Å²) < 4.78 is 0. The third-order valence-electron chi connectivity index (χ3n) is 2.96. The van der Waals surface area contributed by atoms with Crippen molar-refractivity contribution in [2.45, 2.75) is 18.2 Å². The molecule has 1 atom stereocenters. The van der Waals surface area contributed by atoms with E-state index in [4.69, 9.17) is 0 Å². The van der Waals surface area contributed by atoms with Crippen molar-refractivity contribution in [1.82, 2.24) is 10.2 Å². The second kappa shape index (κ2) is 7.19. The normalized spacial score (nSPS) is 11.8. The van der Waals surface area contributed by atoms with Gasteiger partial charge >= 0.3 is 0 Å². The van der Waals surface area contributed by atoms with Gasteiger partial charge in [0.2, 0.25) is 11.8 Å². The lowest BCUT2D eigenvalue weighted by Gasteiger charge is -2.20. The van der Waals surface area contributed by atoms with Crippen LogP contribution in [0.15, 0.2) is 29.2 Å². The van der Waals surface area contributed by atoms with Crippen molar-refractivity contribution in [2.75, 3.05) is 20.6 Å². The summed E-state index contributed by atoms with van der Waals surface area (Å²) in [5.41, 5.74) is 0.947. The Morgan fingerprint density at radius 2 is 1.89 bits per heavy atom. The average molecular weight is 280 g/mol. The number of nitrogens with one attached hydrogen (secondary N) is 1. The molecule has 0 spiro atoms. The van der Waals surface area contributed by atoms with Gasteiger partial charge in [0.15, 0.2) is 0 Å². The van der Waals surface area contributed by atoms with E-state index in [9.17, 15) is 9.59 Å². The molecule has 0 aliphatic rings. The van der Waals surface area contributed by atoms with Gasteiger partial charge in [-0.05, 0) is 17.7 Å². The van der Waals surface area contributed by atoms with Gasteiger partial charge in [-0.25, -0.2) is 0 Å². The number of carbonyl (C=O) groups excluding carboxylic acids is 2. The summed E-state index contributed by atoms with van der Waals surface area (Å²) in [5.74, 6) is -0.263. The molecular weight excluding hydrogens is 260 g/mol. The molecule has 1 unspecified atom stereocenters. The highest BCUT2D eigenvalue weighted by atomic mass is 32.1. The number of likely N-dealkylation sites (N-methyl/N-ethyl adjacent to an activating group) is 1. The first kappa shape index (κ1) is 15.6. The average Bonchev–Trinajstić information content (AvgIpc) is 2.40. The standard InChI is InChI=1S/C14H20N2O2S/c1-10(14(18)15-2)9-16(3)13(17)8-11-4-6-12(19)7-5-11/h4-7,10,19H,8-9H2,1-3H3,(H,15,18). The first-order valence-corrected chi connectivity index (χ1v) is 6.62. The Morgan fingerprint density at radius 1 is 1.32 bits per heavy atom. The summed E-state index contributed by atoms with van der Waals surface area (Å²) in [5, 5.41) is 2.58. The first-order chi connectivity index (χ1) is 8.93. The van der Waals surface area contributed by atoms with Crippen LogP contribution in [0.5, 0.6) is 0 Å². The number of benzene rings is 1. The molecule has 0 aliphatic carbocycles. The number of thiol groups is 1. The van der Waals surface area contributed by atoms with E-state index in [1.54, 1.807) is 25.9 Å². The van der Waals surface area contributed by atoms with Gasteiger partial charge in [0.25, 0.3) is 0 Å². The van der Waals surface area contributed by atoms with Crippen LogP contribution in [0.4, 0.5) is 0 Å². The number of amides is 2. The molecule has 2 amide bonds. The van der Waals surface area contributed by atoms with Crippen LogP contribution in [0, 0.1) is 5.92 Å². The summed E-state index contributed by atoms with van der Waals surface area (Å²) in [7, 11) is 3.31. The number of hydrogen-bond acceptors (Lipinski definition) is 3. The van der Waals surface area contributed by atoms with Gasteiger partial charge in [0.05, 0.1) is 12.3 Å². The number of rotatable bonds is 5. The molecule has 0 aliphatic heterocycles. The molecule has 1 aromatic carbocycles. The lowest BCUT2D eigenvalue weighted by molar-refractivity contribution is -0.131. The smallest absolute Gasteiger partial charge is 0.226 e. The topological polar surface area (TPSA) is 49.4 Å². The van der Waals surface area contributed by atoms with Crippen LogP contribution in [0.25, 0.3) is 0 Å². The summed E-state index contributed by atoms with van der Waals surface area (Å²) >= 11 is 4.20. The molecule has 0 bridgehead atoms. The van der Waals surface area contributed by atoms with Crippen LogP contribution in [0.3, 0.4) is 0 Å². The van der Waals surface area contributed by atoms with Crippen molar-refractivity contribution in [3.63, 3.8) is 0 Å². The summed E-state index contributed by atoms with van der Waals surface area (Å²) in [6.45, 7) is 2.22. The second-order valence-electron chi connectivity index (χ2n) is 4.63. The molecule has 5 heteroatoms. The van der Waals surface area contributed by atoms with E-state index >= 15 is 0 Å². The van der Waals surface area contributed by atoms with E-state index in [1.807, 2.05) is 24.3 Å². The maximum Gasteiger partial charge on any atom is 0.226 e. The van der Waals surface area contributed by atoms with Gasteiger partial charge in [-0.2, -0.15) is 0 Å². The van der Waals surface area contributed by atoms with E-state index in [2.05, 4.69) is 17.9 Å². The van der Waals surface area contributed by atoms with Gasteiger partial charge in [-0.3, -0.25) is 9.59 Å². The fourth-order valence-corrected chi connectivity index (χ4v) is 1.91. The summed E-state index contributed by atoms with van der Waals surface area (Å²) in [6, 6.07) is 7.49. The highest BCUT2D eigenvalue weighted by Gasteiger charge is 2.17. The van der Waals surface area contributed by atoms with Crippen molar-refractivity contribution in [1.29, 1.82) is 0 Å². The molecule has 0 saturated heterocycles. The first-order valence-electron chi connectivity index (χ1n) is 6.17. The second-order valence-corrected chi connectivity index (χ2v) is 5.15. The minimum Gasteiger partial charge on any atom is -0.359 e. The molecular formula is C14H20N2O2S. The van der Waals surface area contributed by atoms with Crippen molar-refractivity contribution in [3.8, 4) is 0 Å². The molecule has 4 nitrogen and oxygen atoms in total. The molecule has 0 fully saturated rings. The van der Waals surface area contributed by atoms with Crippen molar-refractivity contribution in [3.05, 3.63) is 29.8 Å². The maximum absolute atomic E-state index is 12.0. The molecule has 0 aromatic heterocycles. The SMILES string of the molecule is CNC(=O)C(C)CN(C)C(=O)Cc1ccc(S)cc1. The lowest BCUT2D eigenvalue weighted by Crippen LogP contribution is -2.37. The molecule has 1 rings (SSSR count). The van der Waals surface area contributed by atoms with Gasteiger partial charge in [0.1, 0.15) is 0 Å². The Labute approximate surface area is 119 Å². The maximum atomic E-state index is 12.0. The minimum atomic E-state index is -0.209. The number of carbonyl (C=O) groups is 2. The van der Waals surface area contributed by atoms with Crippen LogP contribution in [-0.4, -0.2) is 37.4 Å². The molecule has 104 valence electrons. The Balaban J connectivity index is 2.53. The van der Waals surface area contributed by atoms with Gasteiger partial charge in [-0.15, -0.1) is 12.6 Å². The van der Waals surface area contributed by atoms with Crippen molar-refractivity contribution in [2.24, 2.45) is 5.92 Å². The molecule has 1 aromatic rings. The summed E-state index contributed by atoms with van der Waals surface area (Å²) in [4.78, 5) is 25.9. The zero-order valence-corrected chi connectivity index (χ0v) is 12.4. The molecule has 0 radical (unpaired) electrons. The number of hydrogen-bond donors (Lipinski definition) is 2. The number of nitrogens with zero attached hydrogens (tertiary/aromatic N) is 1. The van der Waals surface area contributed by atoms with E-state index < -0.39 is 0 Å². The Kier molecular flexibility index (Phi) is 5.89. The highest BCUT2D eigenvalue weighted by molar-refractivity contribution is 7.80. The Bertz CT molecular complexity index is 445. The van der Waals surface area contributed by atoms with Crippen LogP contribution < -0.4 is 5.32 Å². The van der Waals surface area contributed by atoms with E-state index in [0.717, 1.165) is 10.5 Å². The molecule has 1 N–H and O–H groups in total. The van der Waals surface area contributed by atoms with Crippen LogP contribution in [0.2, 0.25) is 0 Å². The van der Waals surface area contributed by atoms with E-state index in [0.29, 0.717) is 13.0 Å². The predicted molar refractivity (Wildman–Crippen MR) is 78.3 cm³/mol. The fraction of sp³-hybridized carbons (Fsp3) is 0.429. The fourth-order valence-electron chi connectivity index (χ4n) is 1.77. The molecule has 0 saturated carbocycles. The third-order valence-corrected chi connectivity index (χ3v) is 3.26. The molecule has 0 heterocycles. The van der Waals surface area contributed by atoms with E-state index in [-0.39, 0.29) is 17.7 Å². The monoisotopic (exact) mass is 280 g/mol. The van der Waals surface area contributed by atoms with Crippen molar-refractivity contribution >= 4 is 24.4 Å². The Morgan fingerprint density at radius 3 is 2.42 bits per heavy atom. The van der Waals surface area contributed by atoms with Gasteiger partial charge < -0.3 is 10.2 Å². The van der Waals surface area contributed by atoms with Crippen LogP contribution in [0.1, 0.15) is 12.5 Å². The zero-order chi connectivity index (χ0) is 14.4. The summed E-state index contributed by atoms with van der Waals surface area (Å²) in [6.07, 6.45) is 0.338. The zero-order valence-electron chi connectivity index (χ0n) is 11.5. The van der Waals surface area contributed by atoms with Crippen molar-refractivity contribution < 1.29 is 9.59 Å². The predicted octanol–water partition coefficient (Wildman–Crippen LogP) is 1.36. The van der Waals surface area contributed by atoms with Gasteiger partial charge in [-0.1, -0.05) is 19.1 Å². The molecule has 19 heavy (non-hydrogen) atoms. The third kappa shape index (κ3) is 4.95. The quantitative estimate of drug-likeness (QED) is 0.800. The van der Waals surface area contributed by atoms with Gasteiger partial charge in [0, 0.05) is 25.5 Å².